The largest absolute Gasteiger partial charge is 0.375 e. The van der Waals surface area contributed by atoms with Crippen LogP contribution in [0.25, 0.3) is 0 Å². The van der Waals surface area contributed by atoms with E-state index in [1.54, 1.807) is 0 Å². The molecule has 1 heterocycles. The van der Waals surface area contributed by atoms with Crippen LogP contribution in [0.4, 0.5) is 0 Å². The molecule has 0 bridgehead atoms. The van der Waals surface area contributed by atoms with Crippen molar-refractivity contribution in [2.24, 2.45) is 0 Å². The van der Waals surface area contributed by atoms with Crippen LogP contribution in [-0.2, 0) is 4.74 Å². The Balaban J connectivity index is 1.99. The molecule has 1 aliphatic heterocycles. The summed E-state index contributed by atoms with van der Waals surface area (Å²) in [5, 5.41) is 0. The zero-order valence-electron chi connectivity index (χ0n) is 7.07. The van der Waals surface area contributed by atoms with Crippen molar-refractivity contribution >= 4 is 0 Å². The van der Waals surface area contributed by atoms with E-state index in [0.29, 0.717) is 5.60 Å². The van der Waals surface area contributed by atoms with Gasteiger partial charge in [0.25, 0.3) is 0 Å². The fourth-order valence-electron chi connectivity index (χ4n) is 2.21. The predicted molar refractivity (Wildman–Crippen MR) is 45.5 cm³/mol. The monoisotopic (exact) mass is 152 g/mol. The molecule has 2 rings (SSSR count). The summed E-state index contributed by atoms with van der Waals surface area (Å²) in [5.41, 5.74) is 1.72. The van der Waals surface area contributed by atoms with Gasteiger partial charge >= 0.3 is 0 Å². The van der Waals surface area contributed by atoms with Crippen molar-refractivity contribution < 1.29 is 4.74 Å². The van der Waals surface area contributed by atoms with Gasteiger partial charge in [0.1, 0.15) is 0 Å². The molecule has 1 nitrogen and oxygen atoms in total. The van der Waals surface area contributed by atoms with Crippen LogP contribution in [0.3, 0.4) is 0 Å². The molecule has 0 aromatic heterocycles. The second-order valence-corrected chi connectivity index (χ2v) is 3.89. The topological polar surface area (TPSA) is 9.23 Å². The van der Waals surface area contributed by atoms with Gasteiger partial charge in [-0.2, -0.15) is 0 Å². The zero-order chi connectivity index (χ0) is 7.73. The maximum absolute atomic E-state index is 5.79. The average Bonchev–Trinajstić information content (AvgIpc) is 2.45. The van der Waals surface area contributed by atoms with Crippen molar-refractivity contribution in [1.29, 1.82) is 0 Å². The summed E-state index contributed by atoms with van der Waals surface area (Å²) in [5.74, 6) is 0. The van der Waals surface area contributed by atoms with Crippen molar-refractivity contribution in [3.8, 4) is 0 Å². The summed E-state index contributed by atoms with van der Waals surface area (Å²) in [6.07, 6.45) is 7.41. The first-order valence-electron chi connectivity index (χ1n) is 4.61. The first-order chi connectivity index (χ1) is 5.31. The quantitative estimate of drug-likeness (QED) is 0.485. The Labute approximate surface area is 68.4 Å². The first-order valence-corrected chi connectivity index (χ1v) is 4.61. The third-order valence-corrected chi connectivity index (χ3v) is 3.05. The van der Waals surface area contributed by atoms with E-state index in [4.69, 9.17) is 4.74 Å². The molecule has 1 aliphatic carbocycles. The maximum atomic E-state index is 5.79. The van der Waals surface area contributed by atoms with Gasteiger partial charge in [0.2, 0.25) is 0 Å². The van der Waals surface area contributed by atoms with Crippen LogP contribution < -0.4 is 0 Å². The van der Waals surface area contributed by atoms with Gasteiger partial charge in [0.05, 0.1) is 5.60 Å². The van der Waals surface area contributed by atoms with Crippen molar-refractivity contribution in [3.63, 3.8) is 0 Å². The van der Waals surface area contributed by atoms with E-state index in [1.807, 2.05) is 0 Å². The number of rotatable bonds is 0. The molecule has 0 aromatic rings. The molecule has 2 fully saturated rings. The second-order valence-electron chi connectivity index (χ2n) is 3.89. The minimum atomic E-state index is 0.293. The lowest BCUT2D eigenvalue weighted by molar-refractivity contribution is -0.0165. The van der Waals surface area contributed by atoms with Crippen molar-refractivity contribution in [2.75, 3.05) is 6.61 Å². The van der Waals surface area contributed by atoms with Gasteiger partial charge in [-0.05, 0) is 38.5 Å². The van der Waals surface area contributed by atoms with Gasteiger partial charge in [0, 0.05) is 6.61 Å². The fourth-order valence-corrected chi connectivity index (χ4v) is 2.21. The molecule has 2 aliphatic rings. The van der Waals surface area contributed by atoms with Crippen LogP contribution in [0.5, 0.6) is 0 Å². The molecular formula is C10H16O. The van der Waals surface area contributed by atoms with Crippen LogP contribution in [0.1, 0.15) is 38.5 Å². The van der Waals surface area contributed by atoms with E-state index in [2.05, 4.69) is 6.58 Å². The van der Waals surface area contributed by atoms with E-state index < -0.39 is 0 Å². The Kier molecular flexibility index (Phi) is 1.76. The Bertz CT molecular complexity index is 154. The zero-order valence-corrected chi connectivity index (χ0v) is 7.07. The van der Waals surface area contributed by atoms with E-state index >= 15 is 0 Å². The lowest BCUT2D eigenvalue weighted by Crippen LogP contribution is -2.30. The molecule has 1 heteroatoms. The molecule has 11 heavy (non-hydrogen) atoms. The highest BCUT2D eigenvalue weighted by Gasteiger charge is 2.36. The highest BCUT2D eigenvalue weighted by atomic mass is 16.5. The van der Waals surface area contributed by atoms with Gasteiger partial charge in [-0.1, -0.05) is 12.2 Å². The highest BCUT2D eigenvalue weighted by Crippen LogP contribution is 2.40. The maximum Gasteiger partial charge on any atom is 0.0689 e. The van der Waals surface area contributed by atoms with Gasteiger partial charge in [0.15, 0.2) is 0 Å². The molecule has 1 spiro atoms. The standard InChI is InChI=1S/C10H16O/c1-9-3-6-10(7-4-9)5-2-8-11-10/h1-8H2. The normalized spacial score (nSPS) is 29.6. The van der Waals surface area contributed by atoms with Gasteiger partial charge < -0.3 is 4.74 Å². The number of ether oxygens (including phenoxy) is 1. The molecule has 0 unspecified atom stereocenters. The van der Waals surface area contributed by atoms with Crippen LogP contribution in [0.2, 0.25) is 0 Å². The minimum Gasteiger partial charge on any atom is -0.375 e. The summed E-state index contributed by atoms with van der Waals surface area (Å²) in [4.78, 5) is 0. The molecule has 0 atom stereocenters. The lowest BCUT2D eigenvalue weighted by atomic mass is 9.81. The predicted octanol–water partition coefficient (Wildman–Crippen LogP) is 2.67. The fraction of sp³-hybridized carbons (Fsp3) is 0.800. The number of hydrogen-bond donors (Lipinski definition) is 0. The SMILES string of the molecule is C=C1CCC2(CCCO2)CC1. The van der Waals surface area contributed by atoms with E-state index in [0.717, 1.165) is 6.61 Å². The van der Waals surface area contributed by atoms with Gasteiger partial charge in [-0.15, -0.1) is 0 Å². The minimum absolute atomic E-state index is 0.293. The molecule has 1 saturated heterocycles. The first kappa shape index (κ1) is 7.35. The Hall–Kier alpha value is -0.300. The van der Waals surface area contributed by atoms with Crippen molar-refractivity contribution in [2.45, 2.75) is 44.1 Å². The van der Waals surface area contributed by atoms with Crippen LogP contribution in [0, 0.1) is 0 Å². The molecule has 0 radical (unpaired) electrons. The summed E-state index contributed by atoms with van der Waals surface area (Å²) >= 11 is 0. The average molecular weight is 152 g/mol. The second kappa shape index (κ2) is 2.63. The summed E-state index contributed by atoms with van der Waals surface area (Å²) in [7, 11) is 0. The van der Waals surface area contributed by atoms with Crippen LogP contribution >= 0.6 is 0 Å². The Morgan fingerprint density at radius 1 is 1.18 bits per heavy atom. The van der Waals surface area contributed by atoms with Crippen LogP contribution in [0.15, 0.2) is 12.2 Å². The van der Waals surface area contributed by atoms with E-state index in [-0.39, 0.29) is 0 Å². The van der Waals surface area contributed by atoms with Gasteiger partial charge in [-0.3, -0.25) is 0 Å². The highest BCUT2D eigenvalue weighted by molar-refractivity contribution is 5.04. The Morgan fingerprint density at radius 2 is 1.91 bits per heavy atom. The lowest BCUT2D eigenvalue weighted by Gasteiger charge is -2.33. The third-order valence-electron chi connectivity index (χ3n) is 3.05. The molecule has 0 aromatic carbocycles. The van der Waals surface area contributed by atoms with E-state index in [9.17, 15) is 0 Å². The molecular weight excluding hydrogens is 136 g/mol. The number of hydrogen-bond acceptors (Lipinski definition) is 1. The Morgan fingerprint density at radius 3 is 2.45 bits per heavy atom. The molecule has 0 N–H and O–H groups in total. The van der Waals surface area contributed by atoms with E-state index in [1.165, 1.54) is 44.1 Å². The molecule has 0 amide bonds. The summed E-state index contributed by atoms with van der Waals surface area (Å²) in [6, 6.07) is 0. The molecule has 62 valence electrons. The van der Waals surface area contributed by atoms with Crippen molar-refractivity contribution in [1.82, 2.24) is 0 Å². The van der Waals surface area contributed by atoms with Gasteiger partial charge in [-0.25, -0.2) is 0 Å². The summed E-state index contributed by atoms with van der Waals surface area (Å²) in [6.45, 7) is 5.01. The smallest absolute Gasteiger partial charge is 0.0689 e. The van der Waals surface area contributed by atoms with Crippen LogP contribution in [-0.4, -0.2) is 12.2 Å². The number of allylic oxidation sites excluding steroid dienone is 1. The summed E-state index contributed by atoms with van der Waals surface area (Å²) < 4.78 is 5.79. The molecule has 1 saturated carbocycles. The van der Waals surface area contributed by atoms with Crippen molar-refractivity contribution in [3.05, 3.63) is 12.2 Å². The third kappa shape index (κ3) is 1.34.